The first-order valence-electron chi connectivity index (χ1n) is 9.02. The van der Waals surface area contributed by atoms with Crippen LogP contribution in [0.5, 0.6) is 0 Å². The average Bonchev–Trinajstić information content (AvgIpc) is 2.88. The van der Waals surface area contributed by atoms with Gasteiger partial charge in [0.15, 0.2) is 0 Å². The third-order valence-corrected chi connectivity index (χ3v) is 4.97. The minimum absolute atomic E-state index is 0.0101. The summed E-state index contributed by atoms with van der Waals surface area (Å²) in [4.78, 5) is 20.4. The summed E-state index contributed by atoms with van der Waals surface area (Å²) in [5.41, 5.74) is 1.24. The number of carbonyl (C=O) groups is 1. The Bertz CT molecular complexity index is 787. The van der Waals surface area contributed by atoms with E-state index in [1.54, 1.807) is 29.4 Å². The molecule has 2 aromatic rings. The number of amides is 1. The van der Waals surface area contributed by atoms with Crippen molar-refractivity contribution in [3.63, 3.8) is 0 Å². The molecule has 1 atom stereocenters. The monoisotopic (exact) mass is 371 g/mol. The van der Waals surface area contributed by atoms with Gasteiger partial charge in [0.05, 0.1) is 19.8 Å². The van der Waals surface area contributed by atoms with Crippen LogP contribution in [0.25, 0.3) is 0 Å². The van der Waals surface area contributed by atoms with Crippen LogP contribution in [-0.2, 0) is 20.8 Å². The minimum atomic E-state index is -0.605. The number of benzene rings is 1. The topological polar surface area (TPSA) is 54.9 Å². The summed E-state index contributed by atoms with van der Waals surface area (Å²) in [6.45, 7) is 3.61. The predicted molar refractivity (Wildman–Crippen MR) is 97.8 cm³/mol. The quantitative estimate of drug-likeness (QED) is 0.824. The van der Waals surface area contributed by atoms with Crippen LogP contribution in [0.1, 0.15) is 5.56 Å². The second-order valence-corrected chi connectivity index (χ2v) is 7.05. The summed E-state index contributed by atoms with van der Waals surface area (Å²) in [7, 11) is 0. The number of carbonyl (C=O) groups excluding carboxylic acids is 1. The molecule has 6 nitrogen and oxygen atoms in total. The van der Waals surface area contributed by atoms with Gasteiger partial charge in [0.1, 0.15) is 18.0 Å². The standard InChI is InChI=1S/C20H22FN3O3/c21-17-1-3-18(4-2-17)24-14-20(27-12-19(24)25)13-23(9-10-26-15-20)11-16-5-7-22-8-6-16/h1-8H,9-15H2/t20-/m1/s1. The number of halogens is 1. The van der Waals surface area contributed by atoms with Gasteiger partial charge >= 0.3 is 0 Å². The SMILES string of the molecule is O=C1CO[C@@]2(COCCN(Cc3ccncc3)C2)CN1c1ccc(F)cc1. The highest BCUT2D eigenvalue weighted by atomic mass is 19.1. The lowest BCUT2D eigenvalue weighted by atomic mass is 10.0. The van der Waals surface area contributed by atoms with Crippen LogP contribution < -0.4 is 4.90 Å². The highest BCUT2D eigenvalue weighted by Gasteiger charge is 2.43. The number of hydrogen-bond donors (Lipinski definition) is 0. The van der Waals surface area contributed by atoms with Crippen LogP contribution in [0.4, 0.5) is 10.1 Å². The molecule has 4 rings (SSSR count). The average molecular weight is 371 g/mol. The Morgan fingerprint density at radius 3 is 2.67 bits per heavy atom. The van der Waals surface area contributed by atoms with Crippen molar-refractivity contribution in [1.29, 1.82) is 0 Å². The van der Waals surface area contributed by atoms with E-state index in [1.165, 1.54) is 17.7 Å². The van der Waals surface area contributed by atoms with Gasteiger partial charge in [-0.2, -0.15) is 0 Å². The van der Waals surface area contributed by atoms with E-state index in [-0.39, 0.29) is 18.3 Å². The largest absolute Gasteiger partial charge is 0.377 e. The summed E-state index contributed by atoms with van der Waals surface area (Å²) < 4.78 is 25.1. The second-order valence-electron chi connectivity index (χ2n) is 7.05. The molecule has 1 amide bonds. The fourth-order valence-corrected chi connectivity index (χ4v) is 3.62. The van der Waals surface area contributed by atoms with E-state index in [1.807, 2.05) is 12.1 Å². The molecule has 1 aromatic heterocycles. The Labute approximate surface area is 157 Å². The first kappa shape index (κ1) is 18.0. The normalized spacial score (nSPS) is 24.2. The maximum absolute atomic E-state index is 13.3. The van der Waals surface area contributed by atoms with Crippen LogP contribution in [0.3, 0.4) is 0 Å². The molecule has 0 N–H and O–H groups in total. The van der Waals surface area contributed by atoms with Crippen LogP contribution in [0, 0.1) is 5.82 Å². The molecule has 2 aliphatic heterocycles. The van der Waals surface area contributed by atoms with Gasteiger partial charge in [0, 0.05) is 37.7 Å². The summed E-state index contributed by atoms with van der Waals surface area (Å²) >= 11 is 0. The highest BCUT2D eigenvalue weighted by molar-refractivity contribution is 5.95. The van der Waals surface area contributed by atoms with Crippen LogP contribution in [-0.4, -0.2) is 60.8 Å². The maximum Gasteiger partial charge on any atom is 0.253 e. The van der Waals surface area contributed by atoms with Crippen LogP contribution >= 0.6 is 0 Å². The Morgan fingerprint density at radius 2 is 1.89 bits per heavy atom. The number of morpholine rings is 1. The molecule has 2 aliphatic rings. The van der Waals surface area contributed by atoms with Crippen molar-refractivity contribution in [3.05, 3.63) is 60.2 Å². The molecule has 0 unspecified atom stereocenters. The van der Waals surface area contributed by atoms with E-state index in [4.69, 9.17) is 9.47 Å². The molecule has 142 valence electrons. The van der Waals surface area contributed by atoms with Gasteiger partial charge in [0.2, 0.25) is 0 Å². The van der Waals surface area contributed by atoms with Gasteiger partial charge in [0.25, 0.3) is 5.91 Å². The van der Waals surface area contributed by atoms with Crippen molar-refractivity contribution in [1.82, 2.24) is 9.88 Å². The number of hydrogen-bond acceptors (Lipinski definition) is 5. The fourth-order valence-electron chi connectivity index (χ4n) is 3.62. The first-order valence-corrected chi connectivity index (χ1v) is 9.02. The van der Waals surface area contributed by atoms with Crippen molar-refractivity contribution < 1.29 is 18.7 Å². The predicted octanol–water partition coefficient (Wildman–Crippen LogP) is 1.86. The van der Waals surface area contributed by atoms with Crippen LogP contribution in [0.2, 0.25) is 0 Å². The lowest BCUT2D eigenvalue weighted by Crippen LogP contribution is -2.60. The molecule has 1 aromatic carbocycles. The van der Waals surface area contributed by atoms with E-state index in [0.29, 0.717) is 32.0 Å². The molecule has 7 heteroatoms. The summed E-state index contributed by atoms with van der Waals surface area (Å²) in [5.74, 6) is -0.451. The van der Waals surface area contributed by atoms with Gasteiger partial charge in [-0.3, -0.25) is 14.7 Å². The summed E-state index contributed by atoms with van der Waals surface area (Å²) in [5, 5.41) is 0. The number of nitrogens with zero attached hydrogens (tertiary/aromatic N) is 3. The fraction of sp³-hybridized carbons (Fsp3) is 0.400. The van der Waals surface area contributed by atoms with Crippen molar-refractivity contribution in [2.75, 3.05) is 44.4 Å². The first-order chi connectivity index (χ1) is 13.1. The number of aromatic nitrogens is 1. The van der Waals surface area contributed by atoms with Crippen molar-refractivity contribution >= 4 is 11.6 Å². The number of pyridine rings is 1. The zero-order valence-electron chi connectivity index (χ0n) is 15.0. The van der Waals surface area contributed by atoms with Gasteiger partial charge in [-0.25, -0.2) is 4.39 Å². The third-order valence-electron chi connectivity index (χ3n) is 4.97. The molecule has 2 saturated heterocycles. The molecular weight excluding hydrogens is 349 g/mol. The lowest BCUT2D eigenvalue weighted by molar-refractivity contribution is -0.146. The third kappa shape index (κ3) is 4.16. The van der Waals surface area contributed by atoms with Gasteiger partial charge in [-0.15, -0.1) is 0 Å². The summed E-state index contributed by atoms with van der Waals surface area (Å²) in [6, 6.07) is 9.97. The van der Waals surface area contributed by atoms with E-state index in [9.17, 15) is 9.18 Å². The zero-order chi connectivity index (χ0) is 18.7. The van der Waals surface area contributed by atoms with E-state index in [2.05, 4.69) is 9.88 Å². The van der Waals surface area contributed by atoms with Crippen LogP contribution in [0.15, 0.2) is 48.8 Å². The number of ether oxygens (including phenoxy) is 2. The lowest BCUT2D eigenvalue weighted by Gasteiger charge is -2.43. The van der Waals surface area contributed by atoms with E-state index in [0.717, 1.165) is 13.1 Å². The Kier molecular flexibility index (Phi) is 5.15. The Balaban J connectivity index is 1.53. The van der Waals surface area contributed by atoms with Gasteiger partial charge < -0.3 is 14.4 Å². The molecule has 0 aliphatic carbocycles. The van der Waals surface area contributed by atoms with E-state index < -0.39 is 5.60 Å². The van der Waals surface area contributed by atoms with Gasteiger partial charge in [-0.1, -0.05) is 0 Å². The van der Waals surface area contributed by atoms with E-state index >= 15 is 0 Å². The minimum Gasteiger partial charge on any atom is -0.377 e. The Morgan fingerprint density at radius 1 is 1.11 bits per heavy atom. The van der Waals surface area contributed by atoms with Gasteiger partial charge in [-0.05, 0) is 42.0 Å². The second kappa shape index (κ2) is 7.72. The molecule has 3 heterocycles. The molecule has 0 saturated carbocycles. The Hall–Kier alpha value is -2.35. The van der Waals surface area contributed by atoms with Crippen molar-refractivity contribution in [2.45, 2.75) is 12.1 Å². The number of rotatable bonds is 3. The molecule has 2 fully saturated rings. The van der Waals surface area contributed by atoms with Crippen molar-refractivity contribution in [3.8, 4) is 0 Å². The summed E-state index contributed by atoms with van der Waals surface area (Å²) in [6.07, 6.45) is 3.57. The molecule has 27 heavy (non-hydrogen) atoms. The number of anilines is 1. The highest BCUT2D eigenvalue weighted by Crippen LogP contribution is 2.28. The smallest absolute Gasteiger partial charge is 0.253 e. The molecule has 1 spiro atoms. The molecule has 0 bridgehead atoms. The molecule has 0 radical (unpaired) electrons. The maximum atomic E-state index is 13.3. The zero-order valence-corrected chi connectivity index (χ0v) is 15.0. The molecular formula is C20H22FN3O3. The van der Waals surface area contributed by atoms with Crippen molar-refractivity contribution in [2.24, 2.45) is 0 Å².